The van der Waals surface area contributed by atoms with Gasteiger partial charge in [-0.2, -0.15) is 0 Å². The molecule has 4 nitrogen and oxygen atoms in total. The Morgan fingerprint density at radius 2 is 2.10 bits per heavy atom. The van der Waals surface area contributed by atoms with Gasteiger partial charge in [-0.3, -0.25) is 4.79 Å². The van der Waals surface area contributed by atoms with Gasteiger partial charge in [0, 0.05) is 43.8 Å². The van der Waals surface area contributed by atoms with Crippen molar-refractivity contribution in [1.82, 2.24) is 10.6 Å². The van der Waals surface area contributed by atoms with Gasteiger partial charge >= 0.3 is 0 Å². The molecule has 0 aromatic heterocycles. The molecule has 1 aromatic carbocycles. The molecule has 0 heterocycles. The Labute approximate surface area is 123 Å². The topological polar surface area (TPSA) is 50.4 Å². The highest BCUT2D eigenvalue weighted by Gasteiger charge is 2.04. The Hall–Kier alpha value is -1.11. The summed E-state index contributed by atoms with van der Waals surface area (Å²) in [5.74, 6) is 0.326. The van der Waals surface area contributed by atoms with Crippen LogP contribution in [-0.2, 0) is 9.53 Å². The van der Waals surface area contributed by atoms with E-state index in [1.54, 1.807) is 25.3 Å². The fourth-order valence-electron chi connectivity index (χ4n) is 1.49. The van der Waals surface area contributed by atoms with Crippen LogP contribution in [0.5, 0.6) is 0 Å². The lowest BCUT2D eigenvalue weighted by atomic mass is 10.3. The number of carbonyl (C=O) groups is 1. The maximum atomic E-state index is 13.3. The van der Waals surface area contributed by atoms with E-state index in [-0.39, 0.29) is 11.7 Å². The van der Waals surface area contributed by atoms with Crippen LogP contribution in [0.1, 0.15) is 6.42 Å². The maximum Gasteiger partial charge on any atom is 0.220 e. The Balaban J connectivity index is 2.04. The second kappa shape index (κ2) is 10.7. The molecule has 20 heavy (non-hydrogen) atoms. The molecule has 0 atom stereocenters. The third kappa shape index (κ3) is 7.47. The molecule has 0 saturated heterocycles. The van der Waals surface area contributed by atoms with E-state index in [2.05, 4.69) is 10.6 Å². The Morgan fingerprint density at radius 3 is 2.85 bits per heavy atom. The molecule has 6 heteroatoms. The number of hydrogen-bond donors (Lipinski definition) is 2. The number of benzene rings is 1. The van der Waals surface area contributed by atoms with Crippen molar-refractivity contribution in [1.29, 1.82) is 0 Å². The molecule has 0 radical (unpaired) electrons. The summed E-state index contributed by atoms with van der Waals surface area (Å²) < 4.78 is 18.2. The second-order valence-electron chi connectivity index (χ2n) is 4.12. The number of hydrogen-bond acceptors (Lipinski definition) is 4. The highest BCUT2D eigenvalue weighted by Crippen LogP contribution is 2.21. The van der Waals surface area contributed by atoms with Crippen molar-refractivity contribution in [2.45, 2.75) is 11.3 Å². The summed E-state index contributed by atoms with van der Waals surface area (Å²) in [5, 5.41) is 5.95. The van der Waals surface area contributed by atoms with Gasteiger partial charge in [-0.1, -0.05) is 12.1 Å². The summed E-state index contributed by atoms with van der Waals surface area (Å²) in [7, 11) is 1.65. The molecule has 0 unspecified atom stereocenters. The summed E-state index contributed by atoms with van der Waals surface area (Å²) in [4.78, 5) is 12.1. The molecule has 0 bridgehead atoms. The van der Waals surface area contributed by atoms with Crippen molar-refractivity contribution in [2.24, 2.45) is 0 Å². The highest BCUT2D eigenvalue weighted by atomic mass is 32.2. The molecule has 2 N–H and O–H groups in total. The third-order valence-corrected chi connectivity index (χ3v) is 3.58. The number of ether oxygens (including phenoxy) is 1. The largest absolute Gasteiger partial charge is 0.383 e. The first-order valence-corrected chi connectivity index (χ1v) is 7.56. The van der Waals surface area contributed by atoms with E-state index in [9.17, 15) is 9.18 Å². The first-order chi connectivity index (χ1) is 9.74. The molecule has 112 valence electrons. The lowest BCUT2D eigenvalue weighted by Crippen LogP contribution is -2.33. The van der Waals surface area contributed by atoms with Crippen LogP contribution in [0.4, 0.5) is 4.39 Å². The average Bonchev–Trinajstić information content (AvgIpc) is 2.45. The normalized spacial score (nSPS) is 10.5. The number of rotatable bonds is 10. The van der Waals surface area contributed by atoms with Crippen molar-refractivity contribution < 1.29 is 13.9 Å². The zero-order chi connectivity index (χ0) is 14.6. The molecule has 0 saturated carbocycles. The van der Waals surface area contributed by atoms with Crippen LogP contribution >= 0.6 is 11.8 Å². The number of thioether (sulfide) groups is 1. The van der Waals surface area contributed by atoms with Crippen molar-refractivity contribution in [3.8, 4) is 0 Å². The van der Waals surface area contributed by atoms with Gasteiger partial charge in [0.05, 0.1) is 6.61 Å². The van der Waals surface area contributed by atoms with Crippen LogP contribution in [0.25, 0.3) is 0 Å². The standard InChI is InChI=1S/C14H21FN2O2S/c1-19-10-9-16-7-8-17-14(18)6-11-20-13-5-3-2-4-12(13)15/h2-5,16H,6-11H2,1H3,(H,17,18). The van der Waals surface area contributed by atoms with Crippen LogP contribution in [0.2, 0.25) is 0 Å². The lowest BCUT2D eigenvalue weighted by molar-refractivity contribution is -0.120. The summed E-state index contributed by atoms with van der Waals surface area (Å²) in [6.45, 7) is 2.74. The van der Waals surface area contributed by atoms with Gasteiger partial charge in [0.2, 0.25) is 5.91 Å². The van der Waals surface area contributed by atoms with Gasteiger partial charge in [0.15, 0.2) is 0 Å². The Kier molecular flexibility index (Phi) is 9.02. The van der Waals surface area contributed by atoms with Gasteiger partial charge in [-0.25, -0.2) is 4.39 Å². The predicted octanol–water partition coefficient (Wildman–Crippen LogP) is 1.66. The molecule has 1 aromatic rings. The van der Waals surface area contributed by atoms with E-state index in [4.69, 9.17) is 4.74 Å². The van der Waals surface area contributed by atoms with Crippen molar-refractivity contribution in [3.63, 3.8) is 0 Å². The van der Waals surface area contributed by atoms with E-state index in [0.29, 0.717) is 30.2 Å². The fourth-order valence-corrected chi connectivity index (χ4v) is 2.38. The zero-order valence-electron chi connectivity index (χ0n) is 11.7. The Morgan fingerprint density at radius 1 is 1.30 bits per heavy atom. The van der Waals surface area contributed by atoms with Crippen molar-refractivity contribution >= 4 is 17.7 Å². The van der Waals surface area contributed by atoms with Crippen molar-refractivity contribution in [2.75, 3.05) is 39.1 Å². The van der Waals surface area contributed by atoms with Crippen LogP contribution in [0.15, 0.2) is 29.2 Å². The Bertz CT molecular complexity index is 405. The van der Waals surface area contributed by atoms with E-state index in [0.717, 1.165) is 13.1 Å². The monoisotopic (exact) mass is 300 g/mol. The number of carbonyl (C=O) groups excluding carboxylic acids is 1. The van der Waals surface area contributed by atoms with Crippen molar-refractivity contribution in [3.05, 3.63) is 30.1 Å². The third-order valence-electron chi connectivity index (χ3n) is 2.53. The van der Waals surface area contributed by atoms with Crippen LogP contribution in [-0.4, -0.2) is 45.0 Å². The minimum absolute atomic E-state index is 0.0117. The molecule has 0 aliphatic rings. The second-order valence-corrected chi connectivity index (χ2v) is 5.26. The summed E-state index contributed by atoms with van der Waals surface area (Å²) in [6, 6.07) is 6.59. The first kappa shape index (κ1) is 16.9. The lowest BCUT2D eigenvalue weighted by Gasteiger charge is -2.06. The zero-order valence-corrected chi connectivity index (χ0v) is 12.5. The first-order valence-electron chi connectivity index (χ1n) is 6.57. The van der Waals surface area contributed by atoms with E-state index < -0.39 is 0 Å². The van der Waals surface area contributed by atoms with Gasteiger partial charge < -0.3 is 15.4 Å². The van der Waals surface area contributed by atoms with E-state index in [1.165, 1.54) is 17.8 Å². The molecule has 1 amide bonds. The maximum absolute atomic E-state index is 13.3. The van der Waals surface area contributed by atoms with Gasteiger partial charge in [0.1, 0.15) is 5.82 Å². The smallest absolute Gasteiger partial charge is 0.220 e. The average molecular weight is 300 g/mol. The molecular formula is C14H21FN2O2S. The fraction of sp³-hybridized carbons (Fsp3) is 0.500. The minimum atomic E-state index is -0.236. The SMILES string of the molecule is COCCNCCNC(=O)CCSc1ccccc1F. The molecule has 1 rings (SSSR count). The van der Waals surface area contributed by atoms with Crippen LogP contribution in [0, 0.1) is 5.82 Å². The molecule has 0 spiro atoms. The quantitative estimate of drug-likeness (QED) is 0.510. The summed E-state index contributed by atoms with van der Waals surface area (Å²) in [6.07, 6.45) is 0.386. The van der Waals surface area contributed by atoms with Crippen LogP contribution in [0.3, 0.4) is 0 Å². The van der Waals surface area contributed by atoms with E-state index in [1.807, 2.05) is 0 Å². The molecular weight excluding hydrogens is 279 g/mol. The number of nitrogens with one attached hydrogen (secondary N) is 2. The summed E-state index contributed by atoms with van der Waals surface area (Å²) in [5.41, 5.74) is 0. The minimum Gasteiger partial charge on any atom is -0.383 e. The number of halogens is 1. The van der Waals surface area contributed by atoms with Gasteiger partial charge in [-0.05, 0) is 12.1 Å². The van der Waals surface area contributed by atoms with Gasteiger partial charge in [0.25, 0.3) is 0 Å². The highest BCUT2D eigenvalue weighted by molar-refractivity contribution is 7.99. The predicted molar refractivity (Wildman–Crippen MR) is 79.5 cm³/mol. The van der Waals surface area contributed by atoms with Gasteiger partial charge in [-0.15, -0.1) is 11.8 Å². The number of amides is 1. The molecule has 0 aliphatic carbocycles. The summed E-state index contributed by atoms with van der Waals surface area (Å²) >= 11 is 1.36. The van der Waals surface area contributed by atoms with Crippen LogP contribution < -0.4 is 10.6 Å². The number of methoxy groups -OCH3 is 1. The molecule has 0 fully saturated rings. The molecule has 0 aliphatic heterocycles. The van der Waals surface area contributed by atoms with E-state index >= 15 is 0 Å².